The van der Waals surface area contributed by atoms with E-state index >= 15 is 0 Å². The average molecular weight is 437 g/mol. The number of amides is 1. The number of hydrogen-bond donors (Lipinski definition) is 2. The number of benzene rings is 3. The second-order valence-electron chi connectivity index (χ2n) is 7.00. The summed E-state index contributed by atoms with van der Waals surface area (Å²) in [6, 6.07) is 16.4. The van der Waals surface area contributed by atoms with E-state index in [-0.39, 0.29) is 28.1 Å². The molecule has 0 aliphatic carbocycles. The van der Waals surface area contributed by atoms with Crippen molar-refractivity contribution in [3.63, 3.8) is 0 Å². The molecule has 0 fully saturated rings. The van der Waals surface area contributed by atoms with E-state index in [0.717, 1.165) is 24.0 Å². The number of aromatic carboxylic acids is 1. The Balaban J connectivity index is 1.52. The Morgan fingerprint density at radius 2 is 1.78 bits per heavy atom. The highest BCUT2D eigenvalue weighted by molar-refractivity contribution is 6.07. The highest BCUT2D eigenvalue weighted by Gasteiger charge is 2.26. The van der Waals surface area contributed by atoms with Crippen molar-refractivity contribution in [2.75, 3.05) is 5.32 Å². The predicted molar refractivity (Wildman–Crippen MR) is 112 cm³/mol. The molecule has 1 aliphatic heterocycles. The molecule has 0 spiro atoms. The second kappa shape index (κ2) is 8.89. The molecule has 0 aromatic heterocycles. The lowest BCUT2D eigenvalue weighted by atomic mass is 10.0. The maximum Gasteiger partial charge on any atom is 0.337 e. The standard InChI is InChI=1S/C24H17F2NO5/c25-16-7-9-17(19(26)12-16)15-6-8-18(24(29)30)20(11-15)27-23(28)21-13-31-22(32-21)10-14-4-2-1-3-5-14/h1-9,11-13,22H,10H2,(H,27,28)(H,29,30). The molecule has 3 aromatic rings. The largest absolute Gasteiger partial charge is 0.478 e. The molecule has 0 saturated carbocycles. The van der Waals surface area contributed by atoms with Crippen molar-refractivity contribution < 1.29 is 33.0 Å². The molecular formula is C24H17F2NO5. The zero-order chi connectivity index (χ0) is 22.7. The topological polar surface area (TPSA) is 84.9 Å². The van der Waals surface area contributed by atoms with Crippen LogP contribution in [0.5, 0.6) is 0 Å². The Bertz CT molecular complexity index is 1210. The highest BCUT2D eigenvalue weighted by Crippen LogP contribution is 2.29. The molecule has 4 rings (SSSR count). The van der Waals surface area contributed by atoms with E-state index in [0.29, 0.717) is 6.42 Å². The van der Waals surface area contributed by atoms with E-state index in [1.54, 1.807) is 0 Å². The van der Waals surface area contributed by atoms with Crippen LogP contribution in [0.4, 0.5) is 14.5 Å². The van der Waals surface area contributed by atoms with Crippen LogP contribution in [-0.4, -0.2) is 23.3 Å². The fraction of sp³-hybridized carbons (Fsp3) is 0.0833. The number of carboxylic acid groups (broad SMARTS) is 1. The van der Waals surface area contributed by atoms with E-state index < -0.39 is 29.8 Å². The average Bonchev–Trinajstić information content (AvgIpc) is 3.23. The van der Waals surface area contributed by atoms with Gasteiger partial charge in [0, 0.05) is 18.1 Å². The summed E-state index contributed by atoms with van der Waals surface area (Å²) < 4.78 is 38.3. The van der Waals surface area contributed by atoms with Gasteiger partial charge >= 0.3 is 5.97 Å². The van der Waals surface area contributed by atoms with Crippen molar-refractivity contribution in [3.05, 3.63) is 102 Å². The van der Waals surface area contributed by atoms with Crippen molar-refractivity contribution in [2.45, 2.75) is 12.7 Å². The molecule has 1 unspecified atom stereocenters. The minimum Gasteiger partial charge on any atom is -0.478 e. The lowest BCUT2D eigenvalue weighted by molar-refractivity contribution is -0.118. The number of carbonyl (C=O) groups is 2. The molecule has 0 saturated heterocycles. The smallest absolute Gasteiger partial charge is 0.337 e. The maximum absolute atomic E-state index is 14.2. The fourth-order valence-corrected chi connectivity index (χ4v) is 3.25. The van der Waals surface area contributed by atoms with E-state index in [2.05, 4.69) is 5.32 Å². The summed E-state index contributed by atoms with van der Waals surface area (Å²) in [6.45, 7) is 0. The van der Waals surface area contributed by atoms with Gasteiger partial charge in [-0.15, -0.1) is 0 Å². The highest BCUT2D eigenvalue weighted by atomic mass is 19.1. The van der Waals surface area contributed by atoms with Crippen LogP contribution in [0.3, 0.4) is 0 Å². The van der Waals surface area contributed by atoms with Gasteiger partial charge in [-0.2, -0.15) is 0 Å². The van der Waals surface area contributed by atoms with Crippen LogP contribution in [0.25, 0.3) is 11.1 Å². The number of halogens is 2. The molecule has 0 bridgehead atoms. The first-order chi connectivity index (χ1) is 15.4. The van der Waals surface area contributed by atoms with Gasteiger partial charge in [-0.3, -0.25) is 4.79 Å². The zero-order valence-corrected chi connectivity index (χ0v) is 16.5. The molecule has 32 heavy (non-hydrogen) atoms. The van der Waals surface area contributed by atoms with Crippen LogP contribution >= 0.6 is 0 Å². The Hall–Kier alpha value is -4.20. The van der Waals surface area contributed by atoms with Gasteiger partial charge in [0.15, 0.2) is 0 Å². The summed E-state index contributed by atoms with van der Waals surface area (Å²) in [4.78, 5) is 24.2. The quantitative estimate of drug-likeness (QED) is 0.583. The number of carboxylic acids is 1. The summed E-state index contributed by atoms with van der Waals surface area (Å²) in [5.74, 6) is -3.69. The van der Waals surface area contributed by atoms with E-state index in [1.807, 2.05) is 30.3 Å². The van der Waals surface area contributed by atoms with E-state index in [9.17, 15) is 23.5 Å². The molecule has 0 radical (unpaired) electrons. The minimum atomic E-state index is -1.29. The first-order valence-corrected chi connectivity index (χ1v) is 9.61. The normalized spacial score (nSPS) is 14.8. The first-order valence-electron chi connectivity index (χ1n) is 9.61. The van der Waals surface area contributed by atoms with E-state index in [4.69, 9.17) is 9.47 Å². The zero-order valence-electron chi connectivity index (χ0n) is 16.5. The second-order valence-corrected chi connectivity index (χ2v) is 7.00. The molecule has 1 amide bonds. The van der Waals surface area contributed by atoms with Gasteiger partial charge in [0.2, 0.25) is 12.0 Å². The van der Waals surface area contributed by atoms with Crippen LogP contribution in [0.1, 0.15) is 15.9 Å². The number of anilines is 1. The Morgan fingerprint density at radius 3 is 2.50 bits per heavy atom. The van der Waals surface area contributed by atoms with Crippen LogP contribution < -0.4 is 5.32 Å². The minimum absolute atomic E-state index is 0.0569. The van der Waals surface area contributed by atoms with Crippen molar-refractivity contribution >= 4 is 17.6 Å². The third-order valence-corrected chi connectivity index (χ3v) is 4.79. The van der Waals surface area contributed by atoms with Gasteiger partial charge in [-0.05, 0) is 35.4 Å². The predicted octanol–water partition coefficient (Wildman–Crippen LogP) is 4.73. The number of nitrogens with one attached hydrogen (secondary N) is 1. The molecule has 8 heteroatoms. The lowest BCUT2D eigenvalue weighted by Crippen LogP contribution is -2.20. The summed E-state index contributed by atoms with van der Waals surface area (Å²) in [5.41, 5.74) is 1.00. The van der Waals surface area contributed by atoms with Crippen LogP contribution in [0.15, 0.2) is 78.8 Å². The molecule has 2 N–H and O–H groups in total. The SMILES string of the molecule is O=C(Nc1cc(-c2ccc(F)cc2F)ccc1C(=O)O)C1=COC(Cc2ccccc2)O1. The molecule has 1 atom stereocenters. The fourth-order valence-electron chi connectivity index (χ4n) is 3.25. The van der Waals surface area contributed by atoms with Gasteiger partial charge in [0.25, 0.3) is 5.91 Å². The maximum atomic E-state index is 14.2. The summed E-state index contributed by atoms with van der Waals surface area (Å²) in [5, 5.41) is 11.9. The van der Waals surface area contributed by atoms with Crippen molar-refractivity contribution in [2.24, 2.45) is 0 Å². The van der Waals surface area contributed by atoms with Gasteiger partial charge in [0.05, 0.1) is 11.3 Å². The Labute approximate surface area is 181 Å². The number of rotatable bonds is 6. The monoisotopic (exact) mass is 437 g/mol. The summed E-state index contributed by atoms with van der Waals surface area (Å²) >= 11 is 0. The molecule has 162 valence electrons. The first kappa shape index (κ1) is 21.0. The summed E-state index contributed by atoms with van der Waals surface area (Å²) in [6.07, 6.45) is 0.873. The van der Waals surface area contributed by atoms with Gasteiger partial charge in [-0.25, -0.2) is 13.6 Å². The van der Waals surface area contributed by atoms with Gasteiger partial charge in [-0.1, -0.05) is 36.4 Å². The van der Waals surface area contributed by atoms with Crippen LogP contribution in [-0.2, 0) is 20.7 Å². The molecule has 6 nitrogen and oxygen atoms in total. The molecule has 3 aromatic carbocycles. The molecule has 1 aliphatic rings. The van der Waals surface area contributed by atoms with Crippen molar-refractivity contribution in [1.29, 1.82) is 0 Å². The lowest BCUT2D eigenvalue weighted by Gasteiger charge is -2.13. The van der Waals surface area contributed by atoms with Crippen molar-refractivity contribution in [1.82, 2.24) is 0 Å². The Morgan fingerprint density at radius 1 is 1.00 bits per heavy atom. The summed E-state index contributed by atoms with van der Waals surface area (Å²) in [7, 11) is 0. The van der Waals surface area contributed by atoms with Gasteiger partial charge < -0.3 is 19.9 Å². The Kier molecular flexibility index (Phi) is 5.85. The van der Waals surface area contributed by atoms with Crippen LogP contribution in [0, 0.1) is 11.6 Å². The third kappa shape index (κ3) is 4.59. The number of hydrogen-bond acceptors (Lipinski definition) is 4. The van der Waals surface area contributed by atoms with Crippen LogP contribution in [0.2, 0.25) is 0 Å². The van der Waals surface area contributed by atoms with Crippen molar-refractivity contribution in [3.8, 4) is 11.1 Å². The third-order valence-electron chi connectivity index (χ3n) is 4.79. The number of carbonyl (C=O) groups excluding carboxylic acids is 1. The molecular weight excluding hydrogens is 420 g/mol. The number of ether oxygens (including phenoxy) is 2. The van der Waals surface area contributed by atoms with E-state index in [1.165, 1.54) is 24.3 Å². The van der Waals surface area contributed by atoms with Gasteiger partial charge in [0.1, 0.15) is 17.9 Å². The molecule has 1 heterocycles.